The zero-order valence-corrected chi connectivity index (χ0v) is 14.8. The summed E-state index contributed by atoms with van der Waals surface area (Å²) >= 11 is 0. The monoisotopic (exact) mass is 342 g/mol. The third-order valence-electron chi connectivity index (χ3n) is 5.63. The third kappa shape index (κ3) is 3.28. The molecule has 0 aliphatic carbocycles. The van der Waals surface area contributed by atoms with Crippen molar-refractivity contribution in [3.63, 3.8) is 0 Å². The Morgan fingerprint density at radius 3 is 2.84 bits per heavy atom. The summed E-state index contributed by atoms with van der Waals surface area (Å²) in [5, 5.41) is 5.48. The number of hydrogen-bond donors (Lipinski definition) is 0. The fraction of sp³-hybridized carbons (Fsp3) is 0.579. The van der Waals surface area contributed by atoms with Gasteiger partial charge in [0.15, 0.2) is 0 Å². The van der Waals surface area contributed by atoms with Crippen molar-refractivity contribution in [3.8, 4) is 0 Å². The first-order chi connectivity index (χ1) is 12.3. The number of ether oxygens (including phenoxy) is 1. The first-order valence-electron chi connectivity index (χ1n) is 9.26. The molecule has 4 rings (SSSR count). The molecule has 2 aliphatic heterocycles. The minimum atomic E-state index is 0.170. The van der Waals surface area contributed by atoms with Crippen molar-refractivity contribution < 1.29 is 9.53 Å². The topological polar surface area (TPSA) is 50.6 Å². The number of carbonyl (C=O) groups excluding carboxylic acids is 1. The SMILES string of the molecule is CC[C@H]1CN(C(=O)Cn2ncc3ccccc32)C[C@@H]1N1CCOCC1. The van der Waals surface area contributed by atoms with Crippen LogP contribution in [-0.2, 0) is 16.1 Å². The maximum Gasteiger partial charge on any atom is 0.244 e. The van der Waals surface area contributed by atoms with E-state index in [0.717, 1.165) is 56.7 Å². The number of hydrogen-bond acceptors (Lipinski definition) is 4. The van der Waals surface area contributed by atoms with Gasteiger partial charge in [-0.1, -0.05) is 31.5 Å². The van der Waals surface area contributed by atoms with E-state index < -0.39 is 0 Å². The number of likely N-dealkylation sites (tertiary alicyclic amines) is 1. The second-order valence-corrected chi connectivity index (χ2v) is 7.04. The molecule has 3 heterocycles. The molecule has 0 saturated carbocycles. The Kier molecular flexibility index (Phi) is 4.72. The molecule has 0 spiro atoms. The molecule has 6 nitrogen and oxygen atoms in total. The van der Waals surface area contributed by atoms with Gasteiger partial charge in [-0.05, 0) is 12.0 Å². The quantitative estimate of drug-likeness (QED) is 0.847. The van der Waals surface area contributed by atoms with Crippen LogP contribution in [0.1, 0.15) is 13.3 Å². The van der Waals surface area contributed by atoms with Gasteiger partial charge >= 0.3 is 0 Å². The lowest BCUT2D eigenvalue weighted by molar-refractivity contribution is -0.131. The van der Waals surface area contributed by atoms with Gasteiger partial charge in [-0.3, -0.25) is 14.4 Å². The first kappa shape index (κ1) is 16.5. The molecule has 0 bridgehead atoms. The van der Waals surface area contributed by atoms with Crippen LogP contribution in [-0.4, -0.2) is 70.9 Å². The van der Waals surface area contributed by atoms with E-state index >= 15 is 0 Å². The van der Waals surface area contributed by atoms with E-state index in [1.54, 1.807) is 0 Å². The summed E-state index contributed by atoms with van der Waals surface area (Å²) in [7, 11) is 0. The van der Waals surface area contributed by atoms with Gasteiger partial charge in [0, 0.05) is 37.6 Å². The molecule has 25 heavy (non-hydrogen) atoms. The number of carbonyl (C=O) groups is 1. The number of aromatic nitrogens is 2. The lowest BCUT2D eigenvalue weighted by Gasteiger charge is -2.34. The van der Waals surface area contributed by atoms with E-state index in [1.165, 1.54) is 0 Å². The highest BCUT2D eigenvalue weighted by Crippen LogP contribution is 2.26. The van der Waals surface area contributed by atoms with Crippen molar-refractivity contribution in [3.05, 3.63) is 30.5 Å². The van der Waals surface area contributed by atoms with Crippen LogP contribution in [0, 0.1) is 5.92 Å². The summed E-state index contributed by atoms with van der Waals surface area (Å²) in [6.07, 6.45) is 2.94. The lowest BCUT2D eigenvalue weighted by Crippen LogP contribution is -2.47. The van der Waals surface area contributed by atoms with Crippen molar-refractivity contribution in [2.45, 2.75) is 25.9 Å². The Labute approximate surface area is 148 Å². The molecule has 1 aromatic heterocycles. The molecule has 2 fully saturated rings. The van der Waals surface area contributed by atoms with Gasteiger partial charge in [0.2, 0.25) is 5.91 Å². The number of para-hydroxylation sites is 1. The van der Waals surface area contributed by atoms with Crippen LogP contribution in [0.25, 0.3) is 10.9 Å². The molecule has 1 amide bonds. The molecule has 2 atom stereocenters. The zero-order chi connectivity index (χ0) is 17.2. The van der Waals surface area contributed by atoms with Crippen LogP contribution >= 0.6 is 0 Å². The van der Waals surface area contributed by atoms with E-state index in [0.29, 0.717) is 18.5 Å². The summed E-state index contributed by atoms with van der Waals surface area (Å²) in [6.45, 7) is 7.81. The molecule has 2 saturated heterocycles. The van der Waals surface area contributed by atoms with Crippen LogP contribution in [0.3, 0.4) is 0 Å². The maximum atomic E-state index is 12.9. The minimum Gasteiger partial charge on any atom is -0.379 e. The van der Waals surface area contributed by atoms with Gasteiger partial charge in [-0.15, -0.1) is 0 Å². The van der Waals surface area contributed by atoms with Gasteiger partial charge in [-0.2, -0.15) is 5.10 Å². The third-order valence-corrected chi connectivity index (χ3v) is 5.63. The lowest BCUT2D eigenvalue weighted by atomic mass is 9.99. The average molecular weight is 342 g/mol. The first-order valence-corrected chi connectivity index (χ1v) is 9.26. The fourth-order valence-corrected chi connectivity index (χ4v) is 4.16. The molecular weight excluding hydrogens is 316 g/mol. The van der Waals surface area contributed by atoms with E-state index in [-0.39, 0.29) is 5.91 Å². The highest BCUT2D eigenvalue weighted by atomic mass is 16.5. The highest BCUT2D eigenvalue weighted by molar-refractivity contribution is 5.82. The molecule has 1 aromatic carbocycles. The molecule has 6 heteroatoms. The van der Waals surface area contributed by atoms with Crippen LogP contribution in [0.4, 0.5) is 0 Å². The summed E-state index contributed by atoms with van der Waals surface area (Å²) < 4.78 is 7.30. The number of benzene rings is 1. The van der Waals surface area contributed by atoms with Crippen molar-refractivity contribution in [1.29, 1.82) is 0 Å². The Morgan fingerprint density at radius 2 is 2.04 bits per heavy atom. The van der Waals surface area contributed by atoms with E-state index in [9.17, 15) is 4.79 Å². The molecule has 2 aliphatic rings. The average Bonchev–Trinajstić information content (AvgIpc) is 3.27. The van der Waals surface area contributed by atoms with Gasteiger partial charge in [-0.25, -0.2) is 0 Å². The number of morpholine rings is 1. The molecule has 0 radical (unpaired) electrons. The smallest absolute Gasteiger partial charge is 0.244 e. The normalized spacial score (nSPS) is 24.9. The second kappa shape index (κ2) is 7.14. The number of fused-ring (bicyclic) bond motifs is 1. The van der Waals surface area contributed by atoms with Crippen LogP contribution < -0.4 is 0 Å². The van der Waals surface area contributed by atoms with E-state index in [2.05, 4.69) is 16.9 Å². The predicted molar refractivity (Wildman–Crippen MR) is 96.3 cm³/mol. The molecular formula is C19H26N4O2. The van der Waals surface area contributed by atoms with Gasteiger partial charge in [0.1, 0.15) is 6.54 Å². The van der Waals surface area contributed by atoms with Crippen molar-refractivity contribution in [2.24, 2.45) is 5.92 Å². The summed E-state index contributed by atoms with van der Waals surface area (Å²) in [5.74, 6) is 0.722. The van der Waals surface area contributed by atoms with Gasteiger partial charge in [0.25, 0.3) is 0 Å². The molecule has 134 valence electrons. The Balaban J connectivity index is 1.45. The van der Waals surface area contributed by atoms with Crippen molar-refractivity contribution >= 4 is 16.8 Å². The van der Waals surface area contributed by atoms with Gasteiger partial charge < -0.3 is 9.64 Å². The summed E-state index contributed by atoms with van der Waals surface area (Å²) in [5.41, 5.74) is 1.02. The Hall–Kier alpha value is -1.92. The van der Waals surface area contributed by atoms with Crippen molar-refractivity contribution in [2.75, 3.05) is 39.4 Å². The van der Waals surface area contributed by atoms with Crippen LogP contribution in [0.15, 0.2) is 30.5 Å². The summed E-state index contributed by atoms with van der Waals surface area (Å²) in [4.78, 5) is 17.4. The second-order valence-electron chi connectivity index (χ2n) is 7.04. The molecule has 2 aromatic rings. The largest absolute Gasteiger partial charge is 0.379 e. The maximum absolute atomic E-state index is 12.9. The van der Waals surface area contributed by atoms with Crippen LogP contribution in [0.2, 0.25) is 0 Å². The Bertz CT molecular complexity index is 738. The van der Waals surface area contributed by atoms with Gasteiger partial charge in [0.05, 0.1) is 24.9 Å². The van der Waals surface area contributed by atoms with E-state index in [1.807, 2.05) is 40.0 Å². The Morgan fingerprint density at radius 1 is 1.24 bits per heavy atom. The fourth-order valence-electron chi connectivity index (χ4n) is 4.16. The minimum absolute atomic E-state index is 0.170. The zero-order valence-electron chi connectivity index (χ0n) is 14.8. The summed E-state index contributed by atoms with van der Waals surface area (Å²) in [6, 6.07) is 8.50. The highest BCUT2D eigenvalue weighted by Gasteiger charge is 2.38. The van der Waals surface area contributed by atoms with Crippen molar-refractivity contribution in [1.82, 2.24) is 19.6 Å². The number of amides is 1. The molecule has 0 unspecified atom stereocenters. The van der Waals surface area contributed by atoms with Crippen LogP contribution in [0.5, 0.6) is 0 Å². The van der Waals surface area contributed by atoms with E-state index in [4.69, 9.17) is 4.74 Å². The number of rotatable bonds is 4. The molecule has 0 N–H and O–H groups in total. The predicted octanol–water partition coefficient (Wildman–Crippen LogP) is 1.61. The standard InChI is InChI=1S/C19H26N4O2/c1-2-15-12-22(13-18(15)21-7-9-25-10-8-21)19(24)14-23-17-6-4-3-5-16(17)11-20-23/h3-6,11,15,18H,2,7-10,12-14H2,1H3/t15-,18-/m0/s1. The number of nitrogens with zero attached hydrogens (tertiary/aromatic N) is 4.